The Kier molecular flexibility index (Phi) is 8.98. The van der Waals surface area contributed by atoms with E-state index in [1.807, 2.05) is 52.8 Å². The fourth-order valence-corrected chi connectivity index (χ4v) is 5.21. The molecule has 0 radical (unpaired) electrons. The Morgan fingerprint density at radius 1 is 0.889 bits per heavy atom. The van der Waals surface area contributed by atoms with Crippen molar-refractivity contribution in [2.24, 2.45) is 0 Å². The maximum atomic E-state index is 13.6. The third kappa shape index (κ3) is 6.37. The number of amides is 1. The average Bonchev–Trinajstić information content (AvgIpc) is 2.85. The zero-order valence-corrected chi connectivity index (χ0v) is 22.3. The van der Waals surface area contributed by atoms with Crippen molar-refractivity contribution in [2.45, 2.75) is 46.1 Å². The van der Waals surface area contributed by atoms with E-state index in [1.165, 1.54) is 4.31 Å². The van der Waals surface area contributed by atoms with Crippen LogP contribution in [-0.4, -0.2) is 34.1 Å². The number of carbonyl (C=O) groups is 1. The molecule has 1 amide bonds. The van der Waals surface area contributed by atoms with Crippen LogP contribution in [-0.2, 0) is 21.4 Å². The SMILES string of the molecule is CCOc1ccc(CNC(=O)CN(c2cccc(C)c2C)S(=O)(=O)c2ccc(C)cc2)cc1OCC. The van der Waals surface area contributed by atoms with Gasteiger partial charge < -0.3 is 14.8 Å². The van der Waals surface area contributed by atoms with Gasteiger partial charge in [-0.05, 0) is 81.6 Å². The van der Waals surface area contributed by atoms with E-state index in [0.717, 1.165) is 22.3 Å². The molecule has 0 saturated carbocycles. The van der Waals surface area contributed by atoms with Crippen LogP contribution < -0.4 is 19.1 Å². The number of sulfonamides is 1. The number of ether oxygens (including phenoxy) is 2. The van der Waals surface area contributed by atoms with Crippen molar-refractivity contribution in [3.8, 4) is 11.5 Å². The average molecular weight is 511 g/mol. The van der Waals surface area contributed by atoms with E-state index in [0.29, 0.717) is 30.4 Å². The van der Waals surface area contributed by atoms with Gasteiger partial charge in [-0.15, -0.1) is 0 Å². The van der Waals surface area contributed by atoms with Gasteiger partial charge in [-0.25, -0.2) is 8.42 Å². The van der Waals surface area contributed by atoms with Crippen molar-refractivity contribution < 1.29 is 22.7 Å². The first-order valence-corrected chi connectivity index (χ1v) is 13.4. The summed E-state index contributed by atoms with van der Waals surface area (Å²) in [4.78, 5) is 13.2. The van der Waals surface area contributed by atoms with Gasteiger partial charge in [-0.2, -0.15) is 0 Å². The Labute approximate surface area is 214 Å². The first-order chi connectivity index (χ1) is 17.2. The predicted molar refractivity (Wildman–Crippen MR) is 142 cm³/mol. The molecule has 1 N–H and O–H groups in total. The Morgan fingerprint density at radius 2 is 1.56 bits per heavy atom. The van der Waals surface area contributed by atoms with Gasteiger partial charge in [0, 0.05) is 6.54 Å². The number of benzene rings is 3. The number of hydrogen-bond acceptors (Lipinski definition) is 5. The van der Waals surface area contributed by atoms with Crippen LogP contribution in [0.3, 0.4) is 0 Å². The van der Waals surface area contributed by atoms with Crippen LogP contribution in [0.5, 0.6) is 11.5 Å². The van der Waals surface area contributed by atoms with Gasteiger partial charge in [-0.3, -0.25) is 9.10 Å². The summed E-state index contributed by atoms with van der Waals surface area (Å²) in [5, 5.41) is 2.85. The van der Waals surface area contributed by atoms with E-state index >= 15 is 0 Å². The molecule has 192 valence electrons. The minimum atomic E-state index is -3.98. The van der Waals surface area contributed by atoms with Gasteiger partial charge in [0.05, 0.1) is 23.8 Å². The minimum absolute atomic E-state index is 0.134. The number of nitrogens with zero attached hydrogens (tertiary/aromatic N) is 1. The number of hydrogen-bond donors (Lipinski definition) is 1. The summed E-state index contributed by atoms with van der Waals surface area (Å²) in [7, 11) is -3.98. The molecule has 3 aromatic carbocycles. The molecule has 0 heterocycles. The highest BCUT2D eigenvalue weighted by Crippen LogP contribution is 2.30. The Balaban J connectivity index is 1.85. The van der Waals surface area contributed by atoms with E-state index in [1.54, 1.807) is 42.5 Å². The smallest absolute Gasteiger partial charge is 0.264 e. The third-order valence-electron chi connectivity index (χ3n) is 5.84. The molecule has 0 fully saturated rings. The number of anilines is 1. The van der Waals surface area contributed by atoms with Gasteiger partial charge in [-0.1, -0.05) is 35.9 Å². The predicted octanol–water partition coefficient (Wildman–Crippen LogP) is 4.92. The quantitative estimate of drug-likeness (QED) is 0.396. The highest BCUT2D eigenvalue weighted by atomic mass is 32.2. The van der Waals surface area contributed by atoms with Gasteiger partial charge in [0.1, 0.15) is 6.54 Å². The topological polar surface area (TPSA) is 84.9 Å². The van der Waals surface area contributed by atoms with E-state index < -0.39 is 15.9 Å². The number of carbonyl (C=O) groups excluding carboxylic acids is 1. The Morgan fingerprint density at radius 3 is 2.22 bits per heavy atom. The van der Waals surface area contributed by atoms with Crippen molar-refractivity contribution in [3.63, 3.8) is 0 Å². The highest BCUT2D eigenvalue weighted by molar-refractivity contribution is 7.92. The van der Waals surface area contributed by atoms with Crippen molar-refractivity contribution in [3.05, 3.63) is 82.9 Å². The molecule has 36 heavy (non-hydrogen) atoms. The molecule has 0 unspecified atom stereocenters. The summed E-state index contributed by atoms with van der Waals surface area (Å²) in [6, 6.07) is 17.5. The monoisotopic (exact) mass is 510 g/mol. The van der Waals surface area contributed by atoms with E-state index in [-0.39, 0.29) is 18.0 Å². The summed E-state index contributed by atoms with van der Waals surface area (Å²) in [6.07, 6.45) is 0. The summed E-state index contributed by atoms with van der Waals surface area (Å²) in [5.74, 6) is 0.822. The number of aryl methyl sites for hydroxylation is 2. The van der Waals surface area contributed by atoms with Crippen LogP contribution >= 0.6 is 0 Å². The first kappa shape index (κ1) is 27.1. The van der Waals surface area contributed by atoms with E-state index in [2.05, 4.69) is 5.32 Å². The second-order valence-electron chi connectivity index (χ2n) is 8.47. The lowest BCUT2D eigenvalue weighted by atomic mass is 10.1. The second kappa shape index (κ2) is 11.9. The lowest BCUT2D eigenvalue weighted by Gasteiger charge is -2.26. The van der Waals surface area contributed by atoms with E-state index in [4.69, 9.17) is 9.47 Å². The fourth-order valence-electron chi connectivity index (χ4n) is 3.74. The van der Waals surface area contributed by atoms with Crippen molar-refractivity contribution in [1.82, 2.24) is 5.32 Å². The zero-order chi connectivity index (χ0) is 26.3. The van der Waals surface area contributed by atoms with Gasteiger partial charge >= 0.3 is 0 Å². The molecule has 0 atom stereocenters. The molecule has 8 heteroatoms. The Hall–Kier alpha value is -3.52. The lowest BCUT2D eigenvalue weighted by molar-refractivity contribution is -0.119. The van der Waals surface area contributed by atoms with Gasteiger partial charge in [0.2, 0.25) is 5.91 Å². The molecule has 0 spiro atoms. The summed E-state index contributed by atoms with van der Waals surface area (Å²) in [5.41, 5.74) is 3.98. The van der Waals surface area contributed by atoms with Crippen LogP contribution in [0, 0.1) is 20.8 Å². The van der Waals surface area contributed by atoms with Crippen molar-refractivity contribution >= 4 is 21.6 Å². The molecular weight excluding hydrogens is 476 g/mol. The molecule has 0 bridgehead atoms. The highest BCUT2D eigenvalue weighted by Gasteiger charge is 2.28. The van der Waals surface area contributed by atoms with Crippen LogP contribution in [0.4, 0.5) is 5.69 Å². The van der Waals surface area contributed by atoms with Crippen molar-refractivity contribution in [2.75, 3.05) is 24.1 Å². The molecular formula is C28H34N2O5S. The molecule has 0 saturated heterocycles. The largest absolute Gasteiger partial charge is 0.490 e. The fraction of sp³-hybridized carbons (Fsp3) is 0.321. The van der Waals surface area contributed by atoms with Crippen LogP contribution in [0.15, 0.2) is 65.6 Å². The molecule has 0 aliphatic heterocycles. The standard InChI is InChI=1S/C28H34N2O5S/c1-6-34-26-16-13-23(17-27(26)35-7-2)18-29-28(31)19-30(25-10-8-9-21(4)22(25)5)36(32,33)24-14-11-20(3)12-15-24/h8-17H,6-7,18-19H2,1-5H3,(H,29,31). The number of nitrogens with one attached hydrogen (secondary N) is 1. The van der Waals surface area contributed by atoms with E-state index in [9.17, 15) is 13.2 Å². The third-order valence-corrected chi connectivity index (χ3v) is 7.61. The Bertz CT molecular complexity index is 1300. The minimum Gasteiger partial charge on any atom is -0.490 e. The summed E-state index contributed by atoms with van der Waals surface area (Å²) >= 11 is 0. The second-order valence-corrected chi connectivity index (χ2v) is 10.3. The van der Waals surface area contributed by atoms with Gasteiger partial charge in [0.25, 0.3) is 10.0 Å². The van der Waals surface area contributed by atoms with Crippen molar-refractivity contribution in [1.29, 1.82) is 0 Å². The maximum absolute atomic E-state index is 13.6. The molecule has 0 aliphatic rings. The van der Waals surface area contributed by atoms with Crippen LogP contribution in [0.25, 0.3) is 0 Å². The summed E-state index contributed by atoms with van der Waals surface area (Å²) in [6.45, 7) is 10.3. The maximum Gasteiger partial charge on any atom is 0.264 e. The zero-order valence-electron chi connectivity index (χ0n) is 21.5. The summed E-state index contributed by atoms with van der Waals surface area (Å²) < 4.78 is 39.7. The molecule has 0 aromatic heterocycles. The normalized spacial score (nSPS) is 11.1. The molecule has 3 rings (SSSR count). The molecule has 7 nitrogen and oxygen atoms in total. The first-order valence-electron chi connectivity index (χ1n) is 12.0. The van der Waals surface area contributed by atoms with Crippen LogP contribution in [0.2, 0.25) is 0 Å². The van der Waals surface area contributed by atoms with Gasteiger partial charge in [0.15, 0.2) is 11.5 Å². The molecule has 0 aliphatic carbocycles. The molecule has 3 aromatic rings. The van der Waals surface area contributed by atoms with Crippen LogP contribution in [0.1, 0.15) is 36.1 Å². The number of rotatable bonds is 11. The lowest BCUT2D eigenvalue weighted by Crippen LogP contribution is -2.41.